The molecule has 0 aromatic heterocycles. The van der Waals surface area contributed by atoms with Crippen LogP contribution >= 0.6 is 0 Å². The molecule has 0 radical (unpaired) electrons. The fourth-order valence-corrected chi connectivity index (χ4v) is 4.71. The molecular weight excluding hydrogens is 588 g/mol. The third kappa shape index (κ3) is 14.8. The lowest BCUT2D eigenvalue weighted by Gasteiger charge is -2.36. The van der Waals surface area contributed by atoms with E-state index in [9.17, 15) is 0 Å². The largest absolute Gasteiger partial charge is 0.379 e. The molecule has 0 aliphatic rings. The molecule has 0 atom stereocenters. The first kappa shape index (κ1) is 37.8. The Morgan fingerprint density at radius 3 is 0.826 bits per heavy atom. The van der Waals surface area contributed by atoms with E-state index in [1.165, 1.54) is 0 Å². The standard InChI is InChI=1S/C37H52O9/c1-2-38-18-19-39-20-21-40-22-23-41-24-25-42-26-27-43-28-29-44-30-31-45-32-33-46-37(34-12-6-3-7-13-34,35-14-8-4-9-15-35)36-16-10-5-11-17-36/h3-17H,2,18-33H2,1H3. The molecule has 46 heavy (non-hydrogen) atoms. The van der Waals surface area contributed by atoms with Crippen LogP contribution in [0.5, 0.6) is 0 Å². The van der Waals surface area contributed by atoms with Crippen molar-refractivity contribution in [3.8, 4) is 0 Å². The van der Waals surface area contributed by atoms with E-state index >= 15 is 0 Å². The number of benzene rings is 3. The topological polar surface area (TPSA) is 83.1 Å². The van der Waals surface area contributed by atoms with Crippen molar-refractivity contribution in [1.29, 1.82) is 0 Å². The molecule has 3 rings (SSSR count). The molecule has 0 spiro atoms. The summed E-state index contributed by atoms with van der Waals surface area (Å²) in [5, 5.41) is 0. The van der Waals surface area contributed by atoms with Crippen molar-refractivity contribution < 1.29 is 42.6 Å². The van der Waals surface area contributed by atoms with E-state index in [-0.39, 0.29) is 0 Å². The minimum absolute atomic E-state index is 0.422. The van der Waals surface area contributed by atoms with Gasteiger partial charge >= 0.3 is 0 Å². The second-order valence-electron chi connectivity index (χ2n) is 10.1. The van der Waals surface area contributed by atoms with E-state index in [1.54, 1.807) is 0 Å². The summed E-state index contributed by atoms with van der Waals surface area (Å²) in [6.45, 7) is 11.0. The lowest BCUT2D eigenvalue weighted by Crippen LogP contribution is -2.34. The van der Waals surface area contributed by atoms with Crippen LogP contribution in [0.15, 0.2) is 91.0 Å². The third-order valence-corrected chi connectivity index (χ3v) is 6.90. The zero-order chi connectivity index (χ0) is 32.2. The fraction of sp³-hybridized carbons (Fsp3) is 0.514. The maximum Gasteiger partial charge on any atom is 0.143 e. The molecule has 0 aliphatic carbocycles. The maximum absolute atomic E-state index is 6.72. The smallest absolute Gasteiger partial charge is 0.143 e. The molecule has 0 bridgehead atoms. The molecule has 0 unspecified atom stereocenters. The molecule has 3 aromatic rings. The Morgan fingerprint density at radius 1 is 0.326 bits per heavy atom. The zero-order valence-electron chi connectivity index (χ0n) is 27.4. The number of hydrogen-bond acceptors (Lipinski definition) is 9. The average Bonchev–Trinajstić information content (AvgIpc) is 3.11. The van der Waals surface area contributed by atoms with E-state index in [2.05, 4.69) is 36.4 Å². The summed E-state index contributed by atoms with van der Waals surface area (Å²) < 4.78 is 50.8. The third-order valence-electron chi connectivity index (χ3n) is 6.90. The summed E-state index contributed by atoms with van der Waals surface area (Å²) in [5.41, 5.74) is 2.47. The Kier molecular flexibility index (Phi) is 20.8. The minimum atomic E-state index is -0.743. The van der Waals surface area contributed by atoms with Crippen LogP contribution in [0.3, 0.4) is 0 Å². The summed E-state index contributed by atoms with van der Waals surface area (Å²) in [6, 6.07) is 31.0. The van der Waals surface area contributed by atoms with Crippen LogP contribution in [-0.2, 0) is 48.2 Å². The van der Waals surface area contributed by atoms with Gasteiger partial charge in [-0.05, 0) is 23.6 Å². The van der Waals surface area contributed by atoms with Crippen molar-refractivity contribution in [2.45, 2.75) is 12.5 Å². The normalized spacial score (nSPS) is 11.7. The first-order chi connectivity index (χ1) is 22.9. The minimum Gasteiger partial charge on any atom is -0.379 e. The van der Waals surface area contributed by atoms with Crippen LogP contribution in [0.2, 0.25) is 0 Å². The molecule has 0 heterocycles. The van der Waals surface area contributed by atoms with E-state index in [0.717, 1.165) is 16.7 Å². The van der Waals surface area contributed by atoms with Gasteiger partial charge in [0.1, 0.15) is 5.60 Å². The molecule has 9 heteroatoms. The molecular formula is C37H52O9. The number of hydrogen-bond donors (Lipinski definition) is 0. The number of ether oxygens (including phenoxy) is 9. The van der Waals surface area contributed by atoms with E-state index in [0.29, 0.717) is 112 Å². The highest BCUT2D eigenvalue weighted by Crippen LogP contribution is 2.40. The highest BCUT2D eigenvalue weighted by molar-refractivity contribution is 5.47. The SMILES string of the molecule is CCOCCOCCOCCOCCOCCOCCOCCOCCOC(c1ccccc1)(c1ccccc1)c1ccccc1. The van der Waals surface area contributed by atoms with Gasteiger partial charge < -0.3 is 42.6 Å². The summed E-state index contributed by atoms with van der Waals surface area (Å²) in [6.07, 6.45) is 0. The quantitative estimate of drug-likeness (QED) is 0.0756. The molecule has 0 saturated carbocycles. The van der Waals surface area contributed by atoms with Crippen LogP contribution in [-0.4, -0.2) is 112 Å². The summed E-state index contributed by atoms with van der Waals surface area (Å²) >= 11 is 0. The Hall–Kier alpha value is -2.70. The van der Waals surface area contributed by atoms with Gasteiger partial charge in [0.25, 0.3) is 0 Å². The Balaban J connectivity index is 1.17. The van der Waals surface area contributed by atoms with Gasteiger partial charge in [-0.25, -0.2) is 0 Å². The van der Waals surface area contributed by atoms with Crippen LogP contribution in [0.4, 0.5) is 0 Å². The Morgan fingerprint density at radius 2 is 0.565 bits per heavy atom. The second-order valence-corrected chi connectivity index (χ2v) is 10.1. The van der Waals surface area contributed by atoms with Crippen molar-refractivity contribution in [3.63, 3.8) is 0 Å². The zero-order valence-corrected chi connectivity index (χ0v) is 27.4. The van der Waals surface area contributed by atoms with Crippen molar-refractivity contribution in [3.05, 3.63) is 108 Å². The summed E-state index contributed by atoms with van der Waals surface area (Å²) in [4.78, 5) is 0. The summed E-state index contributed by atoms with van der Waals surface area (Å²) in [5.74, 6) is 0. The molecule has 0 amide bonds. The molecule has 0 saturated heterocycles. The molecule has 3 aromatic carbocycles. The van der Waals surface area contributed by atoms with Crippen molar-refractivity contribution in [2.24, 2.45) is 0 Å². The van der Waals surface area contributed by atoms with Gasteiger partial charge in [0.15, 0.2) is 0 Å². The molecule has 0 aliphatic heterocycles. The van der Waals surface area contributed by atoms with Crippen LogP contribution in [0.1, 0.15) is 23.6 Å². The molecule has 9 nitrogen and oxygen atoms in total. The fourth-order valence-electron chi connectivity index (χ4n) is 4.71. The number of rotatable bonds is 29. The Bertz CT molecular complexity index is 989. The first-order valence-electron chi connectivity index (χ1n) is 16.3. The average molecular weight is 641 g/mol. The van der Waals surface area contributed by atoms with Crippen LogP contribution in [0.25, 0.3) is 0 Å². The highest BCUT2D eigenvalue weighted by Gasteiger charge is 2.37. The van der Waals surface area contributed by atoms with Crippen LogP contribution in [0, 0.1) is 0 Å². The van der Waals surface area contributed by atoms with E-state index < -0.39 is 5.60 Å². The monoisotopic (exact) mass is 640 g/mol. The van der Waals surface area contributed by atoms with Gasteiger partial charge in [0.05, 0.1) is 106 Å². The van der Waals surface area contributed by atoms with Gasteiger partial charge in [0.2, 0.25) is 0 Å². The molecule has 254 valence electrons. The lowest BCUT2D eigenvalue weighted by molar-refractivity contribution is -0.0398. The predicted octanol–water partition coefficient (Wildman–Crippen LogP) is 5.15. The highest BCUT2D eigenvalue weighted by atomic mass is 16.6. The second kappa shape index (κ2) is 25.4. The van der Waals surface area contributed by atoms with Gasteiger partial charge in [-0.3, -0.25) is 0 Å². The maximum atomic E-state index is 6.72. The lowest BCUT2D eigenvalue weighted by atomic mass is 9.80. The summed E-state index contributed by atoms with van der Waals surface area (Å²) in [7, 11) is 0. The van der Waals surface area contributed by atoms with Crippen molar-refractivity contribution >= 4 is 0 Å². The predicted molar refractivity (Wildman–Crippen MR) is 177 cm³/mol. The Labute approximate surface area is 275 Å². The van der Waals surface area contributed by atoms with Crippen molar-refractivity contribution in [2.75, 3.05) is 112 Å². The first-order valence-corrected chi connectivity index (χ1v) is 16.3. The van der Waals surface area contributed by atoms with E-state index in [4.69, 9.17) is 42.6 Å². The molecule has 0 fully saturated rings. The van der Waals surface area contributed by atoms with Gasteiger partial charge in [-0.2, -0.15) is 0 Å². The van der Waals surface area contributed by atoms with E-state index in [1.807, 2.05) is 61.5 Å². The molecule has 0 N–H and O–H groups in total. The van der Waals surface area contributed by atoms with Crippen molar-refractivity contribution in [1.82, 2.24) is 0 Å². The van der Waals surface area contributed by atoms with Gasteiger partial charge in [-0.1, -0.05) is 91.0 Å². The van der Waals surface area contributed by atoms with Gasteiger partial charge in [0, 0.05) is 6.61 Å². The van der Waals surface area contributed by atoms with Crippen LogP contribution < -0.4 is 0 Å². The van der Waals surface area contributed by atoms with Gasteiger partial charge in [-0.15, -0.1) is 0 Å².